The Morgan fingerprint density at radius 1 is 1.19 bits per heavy atom. The van der Waals surface area contributed by atoms with Gasteiger partial charge in [0.2, 0.25) is 0 Å². The van der Waals surface area contributed by atoms with Gasteiger partial charge in [-0.25, -0.2) is 4.99 Å². The third-order valence-electron chi connectivity index (χ3n) is 4.96. The van der Waals surface area contributed by atoms with Gasteiger partial charge in [-0.15, -0.1) is 0 Å². The van der Waals surface area contributed by atoms with Gasteiger partial charge in [0.05, 0.1) is 12.2 Å². The van der Waals surface area contributed by atoms with Gasteiger partial charge in [-0.3, -0.25) is 9.88 Å². The van der Waals surface area contributed by atoms with Gasteiger partial charge in [0.1, 0.15) is 0 Å². The SMILES string of the molecule is CCNC(=NCc1cccc(C)n1)NC1CC(C)N(Cc2ccccc2)C1. The molecule has 5 heteroatoms. The zero-order valence-corrected chi connectivity index (χ0v) is 16.7. The van der Waals surface area contributed by atoms with E-state index in [1.165, 1.54) is 5.56 Å². The van der Waals surface area contributed by atoms with E-state index in [0.29, 0.717) is 18.6 Å². The van der Waals surface area contributed by atoms with Crippen LogP contribution in [-0.2, 0) is 13.1 Å². The van der Waals surface area contributed by atoms with Crippen molar-refractivity contribution in [3.8, 4) is 0 Å². The number of pyridine rings is 1. The number of hydrogen-bond donors (Lipinski definition) is 2. The highest BCUT2D eigenvalue weighted by Crippen LogP contribution is 2.20. The fourth-order valence-corrected chi connectivity index (χ4v) is 3.60. The van der Waals surface area contributed by atoms with Crippen molar-refractivity contribution in [1.29, 1.82) is 0 Å². The highest BCUT2D eigenvalue weighted by Gasteiger charge is 2.29. The molecule has 0 aliphatic carbocycles. The van der Waals surface area contributed by atoms with Gasteiger partial charge in [-0.2, -0.15) is 0 Å². The third-order valence-corrected chi connectivity index (χ3v) is 4.96. The van der Waals surface area contributed by atoms with Crippen molar-refractivity contribution < 1.29 is 0 Å². The Hall–Kier alpha value is -2.40. The minimum atomic E-state index is 0.409. The number of aromatic nitrogens is 1. The quantitative estimate of drug-likeness (QED) is 0.610. The maximum atomic E-state index is 4.74. The number of aryl methyl sites for hydroxylation is 1. The summed E-state index contributed by atoms with van der Waals surface area (Å²) in [7, 11) is 0. The minimum absolute atomic E-state index is 0.409. The molecule has 2 aromatic rings. The molecule has 2 heterocycles. The summed E-state index contributed by atoms with van der Waals surface area (Å²) < 4.78 is 0. The molecule has 0 bridgehead atoms. The molecule has 27 heavy (non-hydrogen) atoms. The van der Waals surface area contributed by atoms with Gasteiger partial charge >= 0.3 is 0 Å². The van der Waals surface area contributed by atoms with E-state index in [1.54, 1.807) is 0 Å². The molecule has 5 nitrogen and oxygen atoms in total. The normalized spacial score (nSPS) is 20.6. The Balaban J connectivity index is 1.58. The fourth-order valence-electron chi connectivity index (χ4n) is 3.60. The molecule has 0 amide bonds. The molecule has 1 aliphatic rings. The number of nitrogens with zero attached hydrogens (tertiary/aromatic N) is 3. The molecule has 2 N–H and O–H groups in total. The van der Waals surface area contributed by atoms with E-state index in [9.17, 15) is 0 Å². The number of likely N-dealkylation sites (tertiary alicyclic amines) is 1. The Morgan fingerprint density at radius 3 is 2.74 bits per heavy atom. The van der Waals surface area contributed by atoms with Gasteiger partial charge in [0, 0.05) is 37.4 Å². The van der Waals surface area contributed by atoms with Gasteiger partial charge in [-0.05, 0) is 44.9 Å². The van der Waals surface area contributed by atoms with Crippen molar-refractivity contribution in [2.24, 2.45) is 4.99 Å². The van der Waals surface area contributed by atoms with Crippen molar-refractivity contribution >= 4 is 5.96 Å². The molecular weight excluding hydrogens is 334 g/mol. The second kappa shape index (κ2) is 9.51. The van der Waals surface area contributed by atoms with Crippen LogP contribution in [-0.4, -0.2) is 41.0 Å². The number of guanidine groups is 1. The number of rotatable bonds is 6. The van der Waals surface area contributed by atoms with E-state index in [1.807, 2.05) is 25.1 Å². The Kier molecular flexibility index (Phi) is 6.82. The number of aliphatic imine (C=N–C) groups is 1. The summed E-state index contributed by atoms with van der Waals surface area (Å²) in [4.78, 5) is 11.8. The maximum Gasteiger partial charge on any atom is 0.191 e. The molecular formula is C22H31N5. The third kappa shape index (κ3) is 5.79. The molecule has 144 valence electrons. The lowest BCUT2D eigenvalue weighted by Crippen LogP contribution is -2.44. The predicted octanol–water partition coefficient (Wildman–Crippen LogP) is 3.11. The lowest BCUT2D eigenvalue weighted by molar-refractivity contribution is 0.258. The summed E-state index contributed by atoms with van der Waals surface area (Å²) in [6, 6.07) is 17.7. The maximum absolute atomic E-state index is 4.74. The van der Waals surface area contributed by atoms with E-state index < -0.39 is 0 Å². The van der Waals surface area contributed by atoms with Gasteiger partial charge in [0.25, 0.3) is 0 Å². The zero-order chi connectivity index (χ0) is 19.1. The lowest BCUT2D eigenvalue weighted by Gasteiger charge is -2.21. The van der Waals surface area contributed by atoms with Crippen molar-refractivity contribution in [2.75, 3.05) is 13.1 Å². The summed E-state index contributed by atoms with van der Waals surface area (Å²) in [5.41, 5.74) is 3.40. The highest BCUT2D eigenvalue weighted by molar-refractivity contribution is 5.80. The fraction of sp³-hybridized carbons (Fsp3) is 0.455. The monoisotopic (exact) mass is 365 g/mol. The summed E-state index contributed by atoms with van der Waals surface area (Å²) in [6.07, 6.45) is 1.12. The van der Waals surface area contributed by atoms with Gasteiger partial charge < -0.3 is 10.6 Å². The van der Waals surface area contributed by atoms with Crippen LogP contribution in [0.2, 0.25) is 0 Å². The zero-order valence-electron chi connectivity index (χ0n) is 16.7. The lowest BCUT2D eigenvalue weighted by atomic mass is 10.2. The van der Waals surface area contributed by atoms with Crippen LogP contribution in [0.3, 0.4) is 0 Å². The summed E-state index contributed by atoms with van der Waals surface area (Å²) >= 11 is 0. The minimum Gasteiger partial charge on any atom is -0.357 e. The van der Waals surface area contributed by atoms with Crippen LogP contribution in [0.1, 0.15) is 37.2 Å². The Bertz CT molecular complexity index is 743. The average molecular weight is 366 g/mol. The van der Waals surface area contributed by atoms with Crippen LogP contribution in [0.25, 0.3) is 0 Å². The van der Waals surface area contributed by atoms with Gasteiger partial charge in [0.15, 0.2) is 5.96 Å². The van der Waals surface area contributed by atoms with Crippen molar-refractivity contribution in [3.05, 3.63) is 65.5 Å². The molecule has 2 atom stereocenters. The second-order valence-electron chi connectivity index (χ2n) is 7.31. The molecule has 1 aliphatic heterocycles. The smallest absolute Gasteiger partial charge is 0.191 e. The van der Waals surface area contributed by atoms with E-state index in [0.717, 1.165) is 43.4 Å². The first-order valence-electron chi connectivity index (χ1n) is 9.89. The summed E-state index contributed by atoms with van der Waals surface area (Å²) in [6.45, 7) is 9.89. The first kappa shape index (κ1) is 19.4. The number of nitrogens with one attached hydrogen (secondary N) is 2. The first-order valence-corrected chi connectivity index (χ1v) is 9.89. The standard InChI is InChI=1S/C22H31N5/c1-4-23-22(24-14-20-12-8-9-17(2)25-20)26-21-13-18(3)27(16-21)15-19-10-6-5-7-11-19/h5-12,18,21H,4,13-16H2,1-3H3,(H2,23,24,26). The first-order chi connectivity index (χ1) is 13.1. The van der Waals surface area contributed by atoms with Crippen LogP contribution >= 0.6 is 0 Å². The van der Waals surface area contributed by atoms with E-state index in [4.69, 9.17) is 4.99 Å². The van der Waals surface area contributed by atoms with E-state index in [2.05, 4.69) is 64.7 Å². The second-order valence-corrected chi connectivity index (χ2v) is 7.31. The van der Waals surface area contributed by atoms with Crippen LogP contribution in [0.5, 0.6) is 0 Å². The molecule has 1 saturated heterocycles. The van der Waals surface area contributed by atoms with Crippen molar-refractivity contribution in [3.63, 3.8) is 0 Å². The number of hydrogen-bond acceptors (Lipinski definition) is 3. The molecule has 1 aromatic heterocycles. The van der Waals surface area contributed by atoms with Crippen LogP contribution in [0, 0.1) is 6.92 Å². The summed E-state index contributed by atoms with van der Waals surface area (Å²) in [5.74, 6) is 0.875. The Labute approximate surface area is 162 Å². The molecule has 1 fully saturated rings. The molecule has 2 unspecified atom stereocenters. The van der Waals surface area contributed by atoms with E-state index in [-0.39, 0.29) is 0 Å². The molecule has 1 aromatic carbocycles. The largest absolute Gasteiger partial charge is 0.357 e. The Morgan fingerprint density at radius 2 is 2.00 bits per heavy atom. The summed E-state index contributed by atoms with van der Waals surface area (Å²) in [5, 5.41) is 6.98. The topological polar surface area (TPSA) is 52.6 Å². The molecule has 3 rings (SSSR count). The predicted molar refractivity (Wildman–Crippen MR) is 112 cm³/mol. The van der Waals surface area contributed by atoms with Crippen molar-refractivity contribution in [1.82, 2.24) is 20.5 Å². The van der Waals surface area contributed by atoms with Crippen LogP contribution < -0.4 is 10.6 Å². The van der Waals surface area contributed by atoms with E-state index >= 15 is 0 Å². The van der Waals surface area contributed by atoms with Crippen LogP contribution in [0.4, 0.5) is 0 Å². The molecule has 0 saturated carbocycles. The molecule has 0 radical (unpaired) electrons. The number of benzene rings is 1. The highest BCUT2D eigenvalue weighted by atomic mass is 15.3. The van der Waals surface area contributed by atoms with Gasteiger partial charge in [-0.1, -0.05) is 36.4 Å². The van der Waals surface area contributed by atoms with Crippen LogP contribution in [0.15, 0.2) is 53.5 Å². The van der Waals surface area contributed by atoms with Crippen molar-refractivity contribution in [2.45, 2.75) is 52.4 Å². The average Bonchev–Trinajstić information content (AvgIpc) is 3.00. The molecule has 0 spiro atoms.